The van der Waals surface area contributed by atoms with Gasteiger partial charge in [-0.3, -0.25) is 4.79 Å². The molecule has 14 heavy (non-hydrogen) atoms. The maximum absolute atomic E-state index is 12.4. The normalized spacial score (nSPS) is 11.4. The van der Waals surface area contributed by atoms with Crippen molar-refractivity contribution in [2.75, 3.05) is 19.7 Å². The molecule has 0 heterocycles. The van der Waals surface area contributed by atoms with Crippen LogP contribution in [-0.4, -0.2) is 36.6 Å². The van der Waals surface area contributed by atoms with E-state index in [9.17, 15) is 13.6 Å². The molecule has 0 spiro atoms. The molecule has 0 radical (unpaired) electrons. The van der Waals surface area contributed by atoms with Gasteiger partial charge in [-0.25, -0.2) is 8.78 Å². The minimum absolute atomic E-state index is 0.193. The molecule has 0 aliphatic rings. The Bertz CT molecular complexity index is 177. The molecule has 4 nitrogen and oxygen atoms in total. The van der Waals surface area contributed by atoms with Crippen molar-refractivity contribution in [3.05, 3.63) is 0 Å². The number of hydrogen-bond acceptors (Lipinski definition) is 3. The number of rotatable bonds is 7. The number of alkyl halides is 2. The summed E-state index contributed by atoms with van der Waals surface area (Å²) < 4.78 is 24.8. The third kappa shape index (κ3) is 6.73. The lowest BCUT2D eigenvalue weighted by Gasteiger charge is -2.13. The van der Waals surface area contributed by atoms with E-state index >= 15 is 0 Å². The van der Waals surface area contributed by atoms with Crippen LogP contribution in [0.5, 0.6) is 0 Å². The monoisotopic (exact) mass is 210 g/mol. The first-order valence-electron chi connectivity index (χ1n) is 4.47. The fourth-order valence-electron chi connectivity index (χ4n) is 0.802. The topological polar surface area (TPSA) is 75.4 Å². The number of carbonyl (C=O) groups is 1. The molecule has 0 aromatic heterocycles. The van der Waals surface area contributed by atoms with Gasteiger partial charge in [0.25, 0.3) is 5.92 Å². The maximum Gasteiger partial charge on any atom is 0.287 e. The van der Waals surface area contributed by atoms with Crippen LogP contribution in [0.3, 0.4) is 0 Å². The van der Waals surface area contributed by atoms with Crippen molar-refractivity contribution in [2.24, 2.45) is 5.73 Å². The first-order valence-corrected chi connectivity index (χ1v) is 4.47. The average Bonchev–Trinajstić information content (AvgIpc) is 2.16. The van der Waals surface area contributed by atoms with E-state index in [1.54, 1.807) is 0 Å². The van der Waals surface area contributed by atoms with Gasteiger partial charge in [-0.15, -0.1) is 0 Å². The molecule has 0 saturated carbocycles. The molecule has 0 atom stereocenters. The number of carbonyl (C=O) groups excluding carboxylic acids is 1. The van der Waals surface area contributed by atoms with Gasteiger partial charge in [0.2, 0.25) is 5.91 Å². The zero-order valence-electron chi connectivity index (χ0n) is 7.93. The molecule has 4 N–H and O–H groups in total. The van der Waals surface area contributed by atoms with E-state index in [-0.39, 0.29) is 6.42 Å². The number of nitrogens with one attached hydrogen (secondary N) is 1. The first-order chi connectivity index (χ1) is 6.52. The Kier molecular flexibility index (Phi) is 6.31. The van der Waals surface area contributed by atoms with Crippen molar-refractivity contribution >= 4 is 5.91 Å². The van der Waals surface area contributed by atoms with Crippen LogP contribution in [0.2, 0.25) is 0 Å². The molecule has 0 aromatic rings. The van der Waals surface area contributed by atoms with Crippen LogP contribution in [0, 0.1) is 0 Å². The first kappa shape index (κ1) is 13.2. The van der Waals surface area contributed by atoms with Gasteiger partial charge in [0.05, 0.1) is 6.54 Å². The zero-order valence-corrected chi connectivity index (χ0v) is 7.93. The Morgan fingerprint density at radius 2 is 2.07 bits per heavy atom. The Balaban J connectivity index is 3.53. The van der Waals surface area contributed by atoms with Crippen molar-refractivity contribution in [1.82, 2.24) is 5.32 Å². The molecule has 0 aliphatic heterocycles. The van der Waals surface area contributed by atoms with Crippen LogP contribution < -0.4 is 11.1 Å². The standard InChI is InChI=1S/C8H16F2N2O2/c9-8(10,6-13)5-12-7(14)3-1-2-4-11/h13H,1-6,11H2,(H,12,14). The lowest BCUT2D eigenvalue weighted by Crippen LogP contribution is -2.38. The highest BCUT2D eigenvalue weighted by Crippen LogP contribution is 2.09. The van der Waals surface area contributed by atoms with E-state index in [0.717, 1.165) is 0 Å². The zero-order chi connectivity index (χ0) is 11.0. The summed E-state index contributed by atoms with van der Waals surface area (Å²) in [6.07, 6.45) is 1.48. The Morgan fingerprint density at radius 3 is 2.57 bits per heavy atom. The van der Waals surface area contributed by atoms with Crippen LogP contribution in [0.4, 0.5) is 8.78 Å². The Morgan fingerprint density at radius 1 is 1.43 bits per heavy atom. The van der Waals surface area contributed by atoms with Crippen LogP contribution in [0.1, 0.15) is 19.3 Å². The van der Waals surface area contributed by atoms with E-state index in [1.165, 1.54) is 0 Å². The minimum atomic E-state index is -3.23. The molecule has 0 fully saturated rings. The number of nitrogens with two attached hydrogens (primary N) is 1. The average molecular weight is 210 g/mol. The van der Waals surface area contributed by atoms with Crippen molar-refractivity contribution in [3.8, 4) is 0 Å². The van der Waals surface area contributed by atoms with Crippen molar-refractivity contribution in [1.29, 1.82) is 0 Å². The van der Waals surface area contributed by atoms with Gasteiger partial charge in [-0.05, 0) is 19.4 Å². The van der Waals surface area contributed by atoms with Gasteiger partial charge in [0, 0.05) is 6.42 Å². The van der Waals surface area contributed by atoms with Crippen molar-refractivity contribution in [3.63, 3.8) is 0 Å². The predicted molar refractivity (Wildman–Crippen MR) is 47.9 cm³/mol. The Labute approximate surface area is 81.5 Å². The van der Waals surface area contributed by atoms with Crippen molar-refractivity contribution < 1.29 is 18.7 Å². The van der Waals surface area contributed by atoms with Gasteiger partial charge in [-0.2, -0.15) is 0 Å². The summed E-state index contributed by atoms with van der Waals surface area (Å²) in [6, 6.07) is 0. The van der Waals surface area contributed by atoms with Crippen molar-refractivity contribution in [2.45, 2.75) is 25.2 Å². The highest BCUT2D eigenvalue weighted by atomic mass is 19.3. The summed E-state index contributed by atoms with van der Waals surface area (Å²) in [6.45, 7) is -1.58. The second-order valence-electron chi connectivity index (χ2n) is 3.04. The van der Waals surface area contributed by atoms with Gasteiger partial charge in [0.15, 0.2) is 0 Å². The summed E-state index contributed by atoms with van der Waals surface area (Å²) in [4.78, 5) is 10.9. The molecule has 6 heteroatoms. The van der Waals surface area contributed by atoms with Crippen LogP contribution in [0.25, 0.3) is 0 Å². The summed E-state index contributed by atoms with van der Waals surface area (Å²) in [7, 11) is 0. The molecule has 1 amide bonds. The molecule has 0 aliphatic carbocycles. The molecule has 0 unspecified atom stereocenters. The largest absolute Gasteiger partial charge is 0.390 e. The maximum atomic E-state index is 12.4. The third-order valence-corrected chi connectivity index (χ3v) is 1.63. The van der Waals surface area contributed by atoms with Gasteiger partial charge in [-0.1, -0.05) is 0 Å². The summed E-state index contributed by atoms with van der Waals surface area (Å²) >= 11 is 0. The highest BCUT2D eigenvalue weighted by Gasteiger charge is 2.27. The predicted octanol–water partition coefficient (Wildman–Crippen LogP) is -0.141. The SMILES string of the molecule is NCCCCC(=O)NCC(F)(F)CO. The number of aliphatic hydroxyl groups excluding tert-OH is 1. The smallest absolute Gasteiger partial charge is 0.287 e. The van der Waals surface area contributed by atoms with E-state index in [1.807, 2.05) is 5.32 Å². The number of halogens is 2. The molecule has 0 aromatic carbocycles. The lowest BCUT2D eigenvalue weighted by molar-refractivity contribution is -0.124. The summed E-state index contributed by atoms with van der Waals surface area (Å²) in [5.74, 6) is -3.67. The molecule has 0 rings (SSSR count). The van der Waals surface area contributed by atoms with Gasteiger partial charge >= 0.3 is 0 Å². The second kappa shape index (κ2) is 6.67. The van der Waals surface area contributed by atoms with Crippen LogP contribution in [-0.2, 0) is 4.79 Å². The van der Waals surface area contributed by atoms with Gasteiger partial charge in [0.1, 0.15) is 6.61 Å². The van der Waals surface area contributed by atoms with E-state index < -0.39 is 25.0 Å². The van der Waals surface area contributed by atoms with E-state index in [4.69, 9.17) is 10.8 Å². The highest BCUT2D eigenvalue weighted by molar-refractivity contribution is 5.75. The molecule has 84 valence electrons. The summed E-state index contributed by atoms with van der Waals surface area (Å²) in [5.41, 5.74) is 5.19. The Hall–Kier alpha value is -0.750. The quantitative estimate of drug-likeness (QED) is 0.512. The fourth-order valence-corrected chi connectivity index (χ4v) is 0.802. The lowest BCUT2D eigenvalue weighted by atomic mass is 10.2. The number of aliphatic hydroxyl groups is 1. The number of hydrogen-bond donors (Lipinski definition) is 3. The minimum Gasteiger partial charge on any atom is -0.390 e. The van der Waals surface area contributed by atoms with Crippen LogP contribution in [0.15, 0.2) is 0 Å². The molecular weight excluding hydrogens is 194 g/mol. The van der Waals surface area contributed by atoms with Crippen LogP contribution >= 0.6 is 0 Å². The van der Waals surface area contributed by atoms with Gasteiger partial charge < -0.3 is 16.2 Å². The number of unbranched alkanes of at least 4 members (excludes halogenated alkanes) is 1. The molecular formula is C8H16F2N2O2. The summed E-state index contributed by atoms with van der Waals surface area (Å²) in [5, 5.41) is 10.2. The third-order valence-electron chi connectivity index (χ3n) is 1.63. The molecule has 0 bridgehead atoms. The second-order valence-corrected chi connectivity index (χ2v) is 3.04. The van der Waals surface area contributed by atoms with E-state index in [2.05, 4.69) is 0 Å². The molecule has 0 saturated heterocycles. The van der Waals surface area contributed by atoms with E-state index in [0.29, 0.717) is 19.4 Å². The number of amides is 1. The fraction of sp³-hybridized carbons (Fsp3) is 0.875.